The minimum Gasteiger partial charge on any atom is -0.394 e. The summed E-state index contributed by atoms with van der Waals surface area (Å²) in [4.78, 5) is 11.8. The van der Waals surface area contributed by atoms with Crippen molar-refractivity contribution >= 4 is 5.78 Å². The Morgan fingerprint density at radius 1 is 1.31 bits per heavy atom. The summed E-state index contributed by atoms with van der Waals surface area (Å²) in [5, 5.41) is 38.9. The summed E-state index contributed by atoms with van der Waals surface area (Å²) in [6.07, 6.45) is -0.958. The molecule has 7 atom stereocenters. The van der Waals surface area contributed by atoms with E-state index in [0.717, 1.165) is 5.57 Å². The average Bonchev–Trinajstić information content (AvgIpc) is 2.53. The van der Waals surface area contributed by atoms with Crippen molar-refractivity contribution in [1.29, 1.82) is 0 Å². The lowest BCUT2D eigenvalue weighted by molar-refractivity contribution is -0.306. The lowest BCUT2D eigenvalue weighted by Crippen LogP contribution is -2.59. The molecule has 0 aromatic heterocycles. The SMILES string of the molecule is CC1=CC(=O)CC(C)(C)[C@@H]1/C=C/[C@@H](C)O[C@@H]1O[C@H](CO)[C@@H](O)[C@H](O)[C@H]1O. The zero-order chi connectivity index (χ0) is 19.6. The number of rotatable bonds is 5. The third-order valence-electron chi connectivity index (χ3n) is 5.12. The Morgan fingerprint density at radius 3 is 2.54 bits per heavy atom. The normalized spacial score (nSPS) is 39.1. The fourth-order valence-electron chi connectivity index (χ4n) is 3.69. The molecule has 0 spiro atoms. The van der Waals surface area contributed by atoms with Gasteiger partial charge in [-0.3, -0.25) is 4.79 Å². The largest absolute Gasteiger partial charge is 0.394 e. The van der Waals surface area contributed by atoms with E-state index in [-0.39, 0.29) is 17.1 Å². The van der Waals surface area contributed by atoms with E-state index in [1.165, 1.54) is 0 Å². The van der Waals surface area contributed by atoms with Crippen LogP contribution in [0.3, 0.4) is 0 Å². The topological polar surface area (TPSA) is 116 Å². The fraction of sp³-hybridized carbons (Fsp3) is 0.737. The van der Waals surface area contributed by atoms with Gasteiger partial charge in [-0.15, -0.1) is 0 Å². The van der Waals surface area contributed by atoms with Crippen molar-refractivity contribution in [3.63, 3.8) is 0 Å². The predicted molar refractivity (Wildman–Crippen MR) is 94.1 cm³/mol. The van der Waals surface area contributed by atoms with E-state index in [2.05, 4.69) is 0 Å². The Morgan fingerprint density at radius 2 is 1.96 bits per heavy atom. The number of ketones is 1. The molecule has 1 aliphatic heterocycles. The number of ether oxygens (including phenoxy) is 2. The van der Waals surface area contributed by atoms with Gasteiger partial charge in [0.2, 0.25) is 0 Å². The molecule has 0 radical (unpaired) electrons. The molecular weight excluding hydrogens is 340 g/mol. The van der Waals surface area contributed by atoms with Gasteiger partial charge >= 0.3 is 0 Å². The zero-order valence-electron chi connectivity index (χ0n) is 15.7. The summed E-state index contributed by atoms with van der Waals surface area (Å²) < 4.78 is 11.0. The molecule has 0 amide bonds. The highest BCUT2D eigenvalue weighted by atomic mass is 16.7. The third kappa shape index (κ3) is 4.60. The maximum Gasteiger partial charge on any atom is 0.187 e. The Kier molecular flexibility index (Phi) is 6.76. The first-order valence-corrected chi connectivity index (χ1v) is 8.92. The van der Waals surface area contributed by atoms with Gasteiger partial charge in [0.25, 0.3) is 0 Å². The molecule has 148 valence electrons. The number of aliphatic hydroxyl groups is 4. The molecule has 0 bridgehead atoms. The van der Waals surface area contributed by atoms with Crippen LogP contribution in [-0.2, 0) is 14.3 Å². The minimum absolute atomic E-state index is 0.0843. The first kappa shape index (κ1) is 21.2. The van der Waals surface area contributed by atoms with Crippen LogP contribution in [0.25, 0.3) is 0 Å². The second kappa shape index (κ2) is 8.29. The molecule has 0 unspecified atom stereocenters. The molecule has 0 aromatic rings. The van der Waals surface area contributed by atoms with Crippen molar-refractivity contribution in [2.24, 2.45) is 11.3 Å². The van der Waals surface area contributed by atoms with Crippen molar-refractivity contribution in [3.8, 4) is 0 Å². The second-order valence-electron chi connectivity index (χ2n) is 7.92. The summed E-state index contributed by atoms with van der Waals surface area (Å²) in [6, 6.07) is 0. The number of carbonyl (C=O) groups is 1. The molecule has 7 heteroatoms. The number of carbonyl (C=O) groups excluding carboxylic acids is 1. The van der Waals surface area contributed by atoms with Crippen molar-refractivity contribution in [3.05, 3.63) is 23.8 Å². The van der Waals surface area contributed by atoms with Gasteiger partial charge < -0.3 is 29.9 Å². The van der Waals surface area contributed by atoms with Gasteiger partial charge in [-0.25, -0.2) is 0 Å². The Balaban J connectivity index is 2.03. The molecule has 0 saturated carbocycles. The molecule has 1 aliphatic carbocycles. The van der Waals surface area contributed by atoms with E-state index < -0.39 is 43.4 Å². The van der Waals surface area contributed by atoms with Crippen molar-refractivity contribution < 1.29 is 34.7 Å². The standard InChI is InChI=1S/C19H30O7/c1-10-7-12(21)8-19(3,4)13(10)6-5-11(2)25-18-17(24)16(23)15(22)14(9-20)26-18/h5-7,11,13-18,20,22-24H,8-9H2,1-4H3/b6-5+/t11-,13-,14-,15-,16+,17-,18-/m1/s1. The quantitative estimate of drug-likeness (QED) is 0.515. The maximum atomic E-state index is 11.8. The van der Waals surface area contributed by atoms with Crippen LogP contribution in [0.1, 0.15) is 34.1 Å². The summed E-state index contributed by atoms with van der Waals surface area (Å²) in [6.45, 7) is 7.28. The molecule has 1 heterocycles. The Hall–Kier alpha value is -1.09. The lowest BCUT2D eigenvalue weighted by Gasteiger charge is -2.40. The predicted octanol–water partition coefficient (Wildman–Crippen LogP) is 0.309. The molecule has 4 N–H and O–H groups in total. The van der Waals surface area contributed by atoms with Gasteiger partial charge in [-0.05, 0) is 25.3 Å². The van der Waals surface area contributed by atoms with Crippen LogP contribution in [0, 0.1) is 11.3 Å². The monoisotopic (exact) mass is 370 g/mol. The molecule has 1 fully saturated rings. The van der Waals surface area contributed by atoms with Crippen LogP contribution < -0.4 is 0 Å². The van der Waals surface area contributed by atoms with Crippen molar-refractivity contribution in [2.75, 3.05) is 6.61 Å². The van der Waals surface area contributed by atoms with Crippen LogP contribution in [0.4, 0.5) is 0 Å². The van der Waals surface area contributed by atoms with E-state index in [0.29, 0.717) is 6.42 Å². The maximum absolute atomic E-state index is 11.8. The molecule has 1 saturated heterocycles. The molecule has 7 nitrogen and oxygen atoms in total. The summed E-state index contributed by atoms with van der Waals surface area (Å²) in [7, 11) is 0. The Labute approximate surface area is 153 Å². The highest BCUT2D eigenvalue weighted by Crippen LogP contribution is 2.40. The highest BCUT2D eigenvalue weighted by Gasteiger charge is 2.44. The lowest BCUT2D eigenvalue weighted by atomic mass is 9.68. The number of allylic oxidation sites excluding steroid dienone is 3. The van der Waals surface area contributed by atoms with Crippen LogP contribution in [0.5, 0.6) is 0 Å². The van der Waals surface area contributed by atoms with Crippen LogP contribution in [0.15, 0.2) is 23.8 Å². The van der Waals surface area contributed by atoms with Gasteiger partial charge in [-0.2, -0.15) is 0 Å². The first-order valence-electron chi connectivity index (χ1n) is 8.92. The summed E-state index contributed by atoms with van der Waals surface area (Å²) in [5.74, 6) is 0.212. The zero-order valence-corrected chi connectivity index (χ0v) is 15.7. The van der Waals surface area contributed by atoms with Gasteiger partial charge in [-0.1, -0.05) is 31.6 Å². The summed E-state index contributed by atoms with van der Waals surface area (Å²) in [5.41, 5.74) is 0.789. The van der Waals surface area contributed by atoms with Gasteiger partial charge in [0.1, 0.15) is 24.4 Å². The third-order valence-corrected chi connectivity index (χ3v) is 5.12. The smallest absolute Gasteiger partial charge is 0.187 e. The molecule has 0 aromatic carbocycles. The number of aliphatic hydroxyl groups excluding tert-OH is 4. The van der Waals surface area contributed by atoms with E-state index in [9.17, 15) is 25.2 Å². The van der Waals surface area contributed by atoms with E-state index in [1.54, 1.807) is 13.0 Å². The van der Waals surface area contributed by atoms with Crippen molar-refractivity contribution in [2.45, 2.75) is 70.9 Å². The van der Waals surface area contributed by atoms with Gasteiger partial charge in [0, 0.05) is 12.3 Å². The first-order chi connectivity index (χ1) is 12.1. The second-order valence-corrected chi connectivity index (χ2v) is 7.92. The van der Waals surface area contributed by atoms with Crippen LogP contribution in [0.2, 0.25) is 0 Å². The van der Waals surface area contributed by atoms with Crippen LogP contribution in [-0.4, -0.2) is 69.6 Å². The minimum atomic E-state index is -1.46. The van der Waals surface area contributed by atoms with Crippen molar-refractivity contribution in [1.82, 2.24) is 0 Å². The molecule has 2 aliphatic rings. The fourth-order valence-corrected chi connectivity index (χ4v) is 3.69. The highest BCUT2D eigenvalue weighted by molar-refractivity contribution is 5.92. The van der Waals surface area contributed by atoms with Gasteiger partial charge in [0.05, 0.1) is 12.7 Å². The average molecular weight is 370 g/mol. The molecular formula is C19H30O7. The molecule has 26 heavy (non-hydrogen) atoms. The molecule has 2 rings (SSSR count). The Bertz CT molecular complexity index is 566. The van der Waals surface area contributed by atoms with E-state index in [4.69, 9.17) is 9.47 Å². The number of hydrogen-bond acceptors (Lipinski definition) is 7. The van der Waals surface area contributed by atoms with Crippen LogP contribution >= 0.6 is 0 Å². The summed E-state index contributed by atoms with van der Waals surface area (Å²) >= 11 is 0. The van der Waals surface area contributed by atoms with Gasteiger partial charge in [0.15, 0.2) is 12.1 Å². The van der Waals surface area contributed by atoms with E-state index in [1.807, 2.05) is 32.9 Å². The number of hydrogen-bond donors (Lipinski definition) is 4. The van der Waals surface area contributed by atoms with E-state index >= 15 is 0 Å².